The highest BCUT2D eigenvalue weighted by atomic mass is 79.9. The molecule has 1 saturated carbocycles. The Morgan fingerprint density at radius 2 is 2.23 bits per heavy atom. The summed E-state index contributed by atoms with van der Waals surface area (Å²) < 4.78 is 1.12. The summed E-state index contributed by atoms with van der Waals surface area (Å²) >= 11 is 3.46. The molecule has 0 aliphatic heterocycles. The quantitative estimate of drug-likeness (QED) is 0.629. The molecule has 70 valence electrons. The molecule has 0 amide bonds. The van der Waals surface area contributed by atoms with Crippen LogP contribution in [0.2, 0.25) is 0 Å². The number of hydrazine groups is 1. The van der Waals surface area contributed by atoms with Gasteiger partial charge in [-0.15, -0.1) is 0 Å². The Morgan fingerprint density at radius 1 is 1.46 bits per heavy atom. The van der Waals surface area contributed by atoms with Crippen LogP contribution in [-0.4, -0.2) is 0 Å². The molecule has 2 rings (SSSR count). The number of hydrogen-bond donors (Lipinski definition) is 2. The summed E-state index contributed by atoms with van der Waals surface area (Å²) in [6.45, 7) is 0. The summed E-state index contributed by atoms with van der Waals surface area (Å²) in [6.07, 6.45) is 2.59. The minimum atomic E-state index is 0.331. The van der Waals surface area contributed by atoms with E-state index in [2.05, 4.69) is 33.5 Å². The third-order valence-corrected chi connectivity index (χ3v) is 2.97. The van der Waals surface area contributed by atoms with E-state index in [-0.39, 0.29) is 0 Å². The van der Waals surface area contributed by atoms with Gasteiger partial charge in [-0.2, -0.15) is 0 Å². The van der Waals surface area contributed by atoms with Gasteiger partial charge in [0.05, 0.1) is 0 Å². The van der Waals surface area contributed by atoms with Gasteiger partial charge in [0.15, 0.2) is 0 Å². The maximum Gasteiger partial charge on any atom is 0.0488 e. The molecule has 0 saturated heterocycles. The Morgan fingerprint density at radius 3 is 2.77 bits per heavy atom. The summed E-state index contributed by atoms with van der Waals surface area (Å²) in [7, 11) is 0. The molecule has 13 heavy (non-hydrogen) atoms. The largest absolute Gasteiger partial charge is 0.271 e. The summed E-state index contributed by atoms with van der Waals surface area (Å²) in [5.74, 6) is 6.27. The van der Waals surface area contributed by atoms with Crippen LogP contribution in [0.1, 0.15) is 24.4 Å². The molecule has 1 aliphatic carbocycles. The average Bonchev–Trinajstić information content (AvgIpc) is 2.90. The highest BCUT2D eigenvalue weighted by Gasteiger charge is 2.31. The van der Waals surface area contributed by atoms with Gasteiger partial charge in [0.2, 0.25) is 0 Å². The molecule has 3 N–H and O–H groups in total. The Bertz CT molecular complexity index is 297. The van der Waals surface area contributed by atoms with Crippen LogP contribution in [0, 0.1) is 5.92 Å². The van der Waals surface area contributed by atoms with Gasteiger partial charge in [0.1, 0.15) is 0 Å². The molecule has 1 fully saturated rings. The van der Waals surface area contributed by atoms with Crippen LogP contribution in [0.15, 0.2) is 28.7 Å². The SMILES string of the molecule is NNC(c1cccc(Br)c1)C1CC1. The van der Waals surface area contributed by atoms with Gasteiger partial charge in [0.25, 0.3) is 0 Å². The molecule has 0 bridgehead atoms. The van der Waals surface area contributed by atoms with Crippen LogP contribution >= 0.6 is 15.9 Å². The number of nitrogens with one attached hydrogen (secondary N) is 1. The fourth-order valence-corrected chi connectivity index (χ4v) is 2.05. The van der Waals surface area contributed by atoms with Crippen molar-refractivity contribution in [1.29, 1.82) is 0 Å². The first-order chi connectivity index (χ1) is 6.31. The summed E-state index contributed by atoms with van der Waals surface area (Å²) in [4.78, 5) is 0. The normalized spacial score (nSPS) is 18.6. The molecule has 0 radical (unpaired) electrons. The maximum absolute atomic E-state index is 5.53. The lowest BCUT2D eigenvalue weighted by Gasteiger charge is -2.15. The lowest BCUT2D eigenvalue weighted by Crippen LogP contribution is -2.29. The van der Waals surface area contributed by atoms with Gasteiger partial charge in [0, 0.05) is 10.5 Å². The molecule has 0 aromatic heterocycles. The Balaban J connectivity index is 2.21. The highest BCUT2D eigenvalue weighted by Crippen LogP contribution is 2.40. The minimum absolute atomic E-state index is 0.331. The van der Waals surface area contributed by atoms with E-state index in [0.29, 0.717) is 6.04 Å². The van der Waals surface area contributed by atoms with Crippen LogP contribution in [0.3, 0.4) is 0 Å². The van der Waals surface area contributed by atoms with Crippen molar-refractivity contribution in [3.8, 4) is 0 Å². The van der Waals surface area contributed by atoms with Crippen LogP contribution in [0.4, 0.5) is 0 Å². The zero-order valence-corrected chi connectivity index (χ0v) is 8.92. The first-order valence-corrected chi connectivity index (χ1v) is 5.32. The van der Waals surface area contributed by atoms with E-state index in [1.54, 1.807) is 0 Å². The van der Waals surface area contributed by atoms with Crippen molar-refractivity contribution in [3.63, 3.8) is 0 Å². The van der Waals surface area contributed by atoms with E-state index in [9.17, 15) is 0 Å². The monoisotopic (exact) mass is 240 g/mol. The second-order valence-electron chi connectivity index (χ2n) is 3.54. The number of nitrogens with two attached hydrogens (primary N) is 1. The number of hydrogen-bond acceptors (Lipinski definition) is 2. The van der Waals surface area contributed by atoms with Crippen molar-refractivity contribution in [2.24, 2.45) is 11.8 Å². The Hall–Kier alpha value is -0.380. The van der Waals surface area contributed by atoms with Gasteiger partial charge in [-0.3, -0.25) is 11.3 Å². The molecule has 1 aliphatic rings. The molecular weight excluding hydrogens is 228 g/mol. The van der Waals surface area contributed by atoms with E-state index >= 15 is 0 Å². The van der Waals surface area contributed by atoms with Crippen molar-refractivity contribution >= 4 is 15.9 Å². The predicted molar refractivity (Wildman–Crippen MR) is 56.9 cm³/mol. The zero-order chi connectivity index (χ0) is 9.26. The Labute approximate surface area is 86.6 Å². The van der Waals surface area contributed by atoms with Crippen molar-refractivity contribution in [2.75, 3.05) is 0 Å². The molecule has 0 heterocycles. The molecule has 2 nitrogen and oxygen atoms in total. The number of benzene rings is 1. The van der Waals surface area contributed by atoms with Crippen LogP contribution in [0.25, 0.3) is 0 Å². The summed E-state index contributed by atoms with van der Waals surface area (Å²) in [5, 5.41) is 0. The highest BCUT2D eigenvalue weighted by molar-refractivity contribution is 9.10. The number of halogens is 1. The van der Waals surface area contributed by atoms with Gasteiger partial charge in [-0.1, -0.05) is 28.1 Å². The van der Waals surface area contributed by atoms with E-state index in [1.807, 2.05) is 12.1 Å². The van der Waals surface area contributed by atoms with E-state index < -0.39 is 0 Å². The third-order valence-electron chi connectivity index (χ3n) is 2.48. The minimum Gasteiger partial charge on any atom is -0.271 e. The first-order valence-electron chi connectivity index (χ1n) is 4.53. The lowest BCUT2D eigenvalue weighted by molar-refractivity contribution is 0.496. The summed E-state index contributed by atoms with van der Waals surface area (Å²) in [5.41, 5.74) is 4.16. The average molecular weight is 241 g/mol. The van der Waals surface area contributed by atoms with Crippen molar-refractivity contribution in [2.45, 2.75) is 18.9 Å². The zero-order valence-electron chi connectivity index (χ0n) is 7.33. The fourth-order valence-electron chi connectivity index (χ4n) is 1.63. The second kappa shape index (κ2) is 3.78. The molecule has 3 heteroatoms. The molecule has 1 aromatic carbocycles. The molecule has 1 aromatic rings. The van der Waals surface area contributed by atoms with Gasteiger partial charge >= 0.3 is 0 Å². The van der Waals surface area contributed by atoms with Gasteiger partial charge < -0.3 is 0 Å². The molecule has 1 unspecified atom stereocenters. The van der Waals surface area contributed by atoms with Crippen molar-refractivity contribution in [3.05, 3.63) is 34.3 Å². The third kappa shape index (κ3) is 2.10. The van der Waals surface area contributed by atoms with Crippen LogP contribution < -0.4 is 11.3 Å². The predicted octanol–water partition coefficient (Wildman–Crippen LogP) is 2.36. The topological polar surface area (TPSA) is 38.0 Å². The van der Waals surface area contributed by atoms with Gasteiger partial charge in [-0.05, 0) is 36.5 Å². The van der Waals surface area contributed by atoms with Crippen molar-refractivity contribution in [1.82, 2.24) is 5.43 Å². The molecule has 1 atom stereocenters. The van der Waals surface area contributed by atoms with E-state index in [0.717, 1.165) is 10.4 Å². The smallest absolute Gasteiger partial charge is 0.0488 e. The second-order valence-corrected chi connectivity index (χ2v) is 4.45. The van der Waals surface area contributed by atoms with Crippen molar-refractivity contribution < 1.29 is 0 Å². The Kier molecular flexibility index (Phi) is 2.67. The van der Waals surface area contributed by atoms with E-state index in [1.165, 1.54) is 18.4 Å². The lowest BCUT2D eigenvalue weighted by atomic mass is 10.0. The molecule has 0 spiro atoms. The summed E-state index contributed by atoms with van der Waals surface area (Å²) in [6, 6.07) is 8.66. The number of rotatable bonds is 3. The van der Waals surface area contributed by atoms with Crippen LogP contribution in [0.5, 0.6) is 0 Å². The fraction of sp³-hybridized carbons (Fsp3) is 0.400. The van der Waals surface area contributed by atoms with Crippen LogP contribution in [-0.2, 0) is 0 Å². The standard InChI is InChI=1S/C10H13BrN2/c11-9-3-1-2-8(6-9)10(13-12)7-4-5-7/h1-3,6-7,10,13H,4-5,12H2. The van der Waals surface area contributed by atoms with Gasteiger partial charge in [-0.25, -0.2) is 0 Å². The van der Waals surface area contributed by atoms with E-state index in [4.69, 9.17) is 5.84 Å². The first kappa shape index (κ1) is 9.19. The maximum atomic E-state index is 5.53. The molecular formula is C10H13BrN2.